The second kappa shape index (κ2) is 11.6. The van der Waals surface area contributed by atoms with Gasteiger partial charge in [-0.1, -0.05) is 51.1 Å². The molecule has 1 aliphatic rings. The standard InChI is InChI=1S/C23H34N4O3/c1-5-19(24-17(4)12-11-15-26(6-2)7-3)20-21(28)25-23(30)27(22(20)29)16-18-13-9-8-10-14-18/h8-10,13-14,17,20H,5-7,11-12,15-16H2,1-4H3,(H,25,28,30)/t17-,20?/m1/s1. The maximum atomic E-state index is 13.1. The lowest BCUT2D eigenvalue weighted by atomic mass is 9.95. The molecule has 7 nitrogen and oxygen atoms in total. The van der Waals surface area contributed by atoms with Crippen LogP contribution in [0.5, 0.6) is 0 Å². The van der Waals surface area contributed by atoms with Crippen LogP contribution in [0, 0.1) is 5.92 Å². The van der Waals surface area contributed by atoms with Gasteiger partial charge in [0.2, 0.25) is 11.8 Å². The molecule has 164 valence electrons. The molecule has 1 aromatic carbocycles. The van der Waals surface area contributed by atoms with Gasteiger partial charge in [-0.25, -0.2) is 4.79 Å². The zero-order valence-corrected chi connectivity index (χ0v) is 18.6. The van der Waals surface area contributed by atoms with E-state index in [0.717, 1.165) is 42.9 Å². The first-order chi connectivity index (χ1) is 14.4. The van der Waals surface area contributed by atoms with E-state index in [9.17, 15) is 14.4 Å². The van der Waals surface area contributed by atoms with E-state index in [2.05, 4.69) is 24.1 Å². The lowest BCUT2D eigenvalue weighted by Crippen LogP contribution is -2.59. The largest absolute Gasteiger partial charge is 0.331 e. The quantitative estimate of drug-likeness (QED) is 0.445. The molecule has 2 rings (SSSR count). The number of rotatable bonds is 11. The summed E-state index contributed by atoms with van der Waals surface area (Å²) in [6.45, 7) is 11.4. The maximum absolute atomic E-state index is 13.1. The van der Waals surface area contributed by atoms with Gasteiger partial charge in [-0.05, 0) is 51.4 Å². The summed E-state index contributed by atoms with van der Waals surface area (Å²) in [5, 5.41) is 2.33. The highest BCUT2D eigenvalue weighted by Gasteiger charge is 2.42. The number of hydrogen-bond acceptors (Lipinski definition) is 5. The van der Waals surface area contributed by atoms with Gasteiger partial charge in [0.15, 0.2) is 5.92 Å². The number of carbonyl (C=O) groups excluding carboxylic acids is 3. The van der Waals surface area contributed by atoms with Crippen LogP contribution in [0.15, 0.2) is 35.3 Å². The van der Waals surface area contributed by atoms with Gasteiger partial charge in [0.25, 0.3) is 0 Å². The number of amides is 4. The minimum absolute atomic E-state index is 0.0105. The average molecular weight is 415 g/mol. The molecule has 1 N–H and O–H groups in total. The lowest BCUT2D eigenvalue weighted by molar-refractivity contribution is -0.139. The molecule has 30 heavy (non-hydrogen) atoms. The van der Waals surface area contributed by atoms with Crippen LogP contribution in [-0.4, -0.2) is 59.0 Å². The van der Waals surface area contributed by atoms with E-state index in [4.69, 9.17) is 4.99 Å². The van der Waals surface area contributed by atoms with E-state index in [1.165, 1.54) is 0 Å². The molecule has 0 saturated carbocycles. The predicted molar refractivity (Wildman–Crippen MR) is 118 cm³/mol. The highest BCUT2D eigenvalue weighted by molar-refractivity contribution is 6.27. The van der Waals surface area contributed by atoms with Crippen LogP contribution in [0.25, 0.3) is 0 Å². The van der Waals surface area contributed by atoms with Crippen molar-refractivity contribution in [3.63, 3.8) is 0 Å². The topological polar surface area (TPSA) is 82.1 Å². The summed E-state index contributed by atoms with van der Waals surface area (Å²) in [5.74, 6) is -2.12. The minimum atomic E-state index is -1.04. The molecule has 1 heterocycles. The van der Waals surface area contributed by atoms with Crippen molar-refractivity contribution in [2.45, 2.75) is 59.5 Å². The van der Waals surface area contributed by atoms with Gasteiger partial charge in [0, 0.05) is 11.8 Å². The van der Waals surface area contributed by atoms with E-state index in [1.807, 2.05) is 44.2 Å². The van der Waals surface area contributed by atoms with Gasteiger partial charge in [0.1, 0.15) is 0 Å². The van der Waals surface area contributed by atoms with Gasteiger partial charge >= 0.3 is 6.03 Å². The zero-order valence-electron chi connectivity index (χ0n) is 18.6. The number of hydrogen-bond donors (Lipinski definition) is 1. The first-order valence-electron chi connectivity index (χ1n) is 10.9. The molecule has 0 bridgehead atoms. The van der Waals surface area contributed by atoms with Crippen LogP contribution in [0.1, 0.15) is 52.5 Å². The van der Waals surface area contributed by atoms with Crippen LogP contribution in [-0.2, 0) is 16.1 Å². The van der Waals surface area contributed by atoms with Gasteiger partial charge in [-0.2, -0.15) is 0 Å². The molecule has 1 fully saturated rings. The van der Waals surface area contributed by atoms with E-state index >= 15 is 0 Å². The number of nitrogens with zero attached hydrogens (tertiary/aromatic N) is 3. The zero-order chi connectivity index (χ0) is 22.1. The Morgan fingerprint density at radius 1 is 1.13 bits per heavy atom. The third kappa shape index (κ3) is 6.23. The lowest BCUT2D eigenvalue weighted by Gasteiger charge is -2.31. The molecule has 1 saturated heterocycles. The number of nitrogens with one attached hydrogen (secondary N) is 1. The molecule has 2 atom stereocenters. The molecular weight excluding hydrogens is 380 g/mol. The second-order valence-electron chi connectivity index (χ2n) is 7.63. The summed E-state index contributed by atoms with van der Waals surface area (Å²) in [6, 6.07) is 8.60. The molecule has 0 aliphatic carbocycles. The van der Waals surface area contributed by atoms with Gasteiger partial charge in [-0.3, -0.25) is 24.8 Å². The third-order valence-corrected chi connectivity index (χ3v) is 5.51. The van der Waals surface area contributed by atoms with Crippen molar-refractivity contribution in [2.24, 2.45) is 10.9 Å². The average Bonchev–Trinajstić information content (AvgIpc) is 2.74. The number of aliphatic imine (C=N–C) groups is 1. The SMILES string of the molecule is CCC(=N[C@H](C)CCCN(CC)CC)C1C(=O)NC(=O)N(Cc2ccccc2)C1=O. The van der Waals surface area contributed by atoms with E-state index in [-0.39, 0.29) is 12.6 Å². The summed E-state index contributed by atoms with van der Waals surface area (Å²) in [7, 11) is 0. The van der Waals surface area contributed by atoms with Crippen LogP contribution < -0.4 is 5.32 Å². The van der Waals surface area contributed by atoms with E-state index in [0.29, 0.717) is 12.1 Å². The number of carbonyl (C=O) groups is 3. The highest BCUT2D eigenvalue weighted by atomic mass is 16.2. The number of barbiturate groups is 1. The minimum Gasteiger partial charge on any atom is -0.304 e. The van der Waals surface area contributed by atoms with Gasteiger partial charge in [-0.15, -0.1) is 0 Å². The molecule has 4 amide bonds. The summed E-state index contributed by atoms with van der Waals surface area (Å²) >= 11 is 0. The smallest absolute Gasteiger partial charge is 0.304 e. The van der Waals surface area contributed by atoms with Crippen LogP contribution in [0.3, 0.4) is 0 Å². The van der Waals surface area contributed by atoms with Crippen molar-refractivity contribution in [1.29, 1.82) is 0 Å². The molecule has 0 aromatic heterocycles. The monoisotopic (exact) mass is 414 g/mol. The van der Waals surface area contributed by atoms with Crippen molar-refractivity contribution in [3.05, 3.63) is 35.9 Å². The maximum Gasteiger partial charge on any atom is 0.331 e. The third-order valence-electron chi connectivity index (χ3n) is 5.51. The van der Waals surface area contributed by atoms with Crippen molar-refractivity contribution in [1.82, 2.24) is 15.1 Å². The van der Waals surface area contributed by atoms with Crippen LogP contribution >= 0.6 is 0 Å². The second-order valence-corrected chi connectivity index (χ2v) is 7.63. The fourth-order valence-corrected chi connectivity index (χ4v) is 3.69. The number of urea groups is 1. The van der Waals surface area contributed by atoms with Crippen molar-refractivity contribution in [3.8, 4) is 0 Å². The Hall–Kier alpha value is -2.54. The highest BCUT2D eigenvalue weighted by Crippen LogP contribution is 2.19. The Balaban J connectivity index is 2.10. The summed E-state index contributed by atoms with van der Waals surface area (Å²) in [5.41, 5.74) is 1.37. The van der Waals surface area contributed by atoms with Crippen molar-refractivity contribution in [2.75, 3.05) is 19.6 Å². The summed E-state index contributed by atoms with van der Waals surface area (Å²) < 4.78 is 0. The Morgan fingerprint density at radius 3 is 2.40 bits per heavy atom. The number of imide groups is 2. The normalized spacial score (nSPS) is 18.7. The Kier molecular flexibility index (Phi) is 9.17. The van der Waals surface area contributed by atoms with Gasteiger partial charge < -0.3 is 4.90 Å². The summed E-state index contributed by atoms with van der Waals surface area (Å²) in [4.78, 5) is 46.1. The summed E-state index contributed by atoms with van der Waals surface area (Å²) in [6.07, 6.45) is 2.37. The molecule has 1 aromatic rings. The van der Waals surface area contributed by atoms with Crippen LogP contribution in [0.4, 0.5) is 4.79 Å². The molecular formula is C23H34N4O3. The Morgan fingerprint density at radius 2 is 1.80 bits per heavy atom. The first kappa shape index (κ1) is 23.7. The fourth-order valence-electron chi connectivity index (χ4n) is 3.69. The Bertz CT molecular complexity index is 759. The van der Waals surface area contributed by atoms with E-state index in [1.54, 1.807) is 0 Å². The van der Waals surface area contributed by atoms with Gasteiger partial charge in [0.05, 0.1) is 6.54 Å². The Labute approximate surface area is 179 Å². The molecule has 1 unspecified atom stereocenters. The molecule has 1 aliphatic heterocycles. The molecule has 0 spiro atoms. The molecule has 7 heteroatoms. The van der Waals surface area contributed by atoms with E-state index < -0.39 is 23.8 Å². The fraction of sp³-hybridized carbons (Fsp3) is 0.565. The first-order valence-corrected chi connectivity index (χ1v) is 10.9. The molecule has 0 radical (unpaired) electrons. The number of benzene rings is 1. The predicted octanol–water partition coefficient (Wildman–Crippen LogP) is 3.24. The van der Waals surface area contributed by atoms with Crippen LogP contribution in [0.2, 0.25) is 0 Å². The van der Waals surface area contributed by atoms with Crippen molar-refractivity contribution >= 4 is 23.6 Å². The van der Waals surface area contributed by atoms with Crippen molar-refractivity contribution < 1.29 is 14.4 Å².